The van der Waals surface area contributed by atoms with Crippen molar-refractivity contribution in [2.75, 3.05) is 6.61 Å². The first kappa shape index (κ1) is 21.8. The Morgan fingerprint density at radius 1 is 1.07 bits per heavy atom. The van der Waals surface area contributed by atoms with Gasteiger partial charge in [-0.3, -0.25) is 0 Å². The molecule has 2 unspecified atom stereocenters. The lowest BCUT2D eigenvalue weighted by molar-refractivity contribution is -0.157. The molecule has 152 valence electrons. The van der Waals surface area contributed by atoms with Crippen molar-refractivity contribution in [3.05, 3.63) is 59.7 Å². The molecule has 2 rings (SSSR count). The lowest BCUT2D eigenvalue weighted by Gasteiger charge is -2.21. The number of ether oxygens (including phenoxy) is 2. The van der Waals surface area contributed by atoms with Crippen molar-refractivity contribution in [3.8, 4) is 11.5 Å². The summed E-state index contributed by atoms with van der Waals surface area (Å²) in [5.41, 5.74) is 1.81. The predicted molar refractivity (Wildman–Crippen MR) is 112 cm³/mol. The van der Waals surface area contributed by atoms with Crippen LogP contribution in [0.4, 0.5) is 0 Å². The van der Waals surface area contributed by atoms with Crippen molar-refractivity contribution in [3.63, 3.8) is 0 Å². The number of hydrogen-bond donors (Lipinski definition) is 1. The quantitative estimate of drug-likeness (QED) is 0.584. The van der Waals surface area contributed by atoms with Crippen LogP contribution in [0.5, 0.6) is 11.5 Å². The van der Waals surface area contributed by atoms with Crippen LogP contribution < -0.4 is 4.74 Å². The van der Waals surface area contributed by atoms with Gasteiger partial charge in [-0.2, -0.15) is 0 Å². The van der Waals surface area contributed by atoms with E-state index in [1.165, 1.54) is 5.56 Å². The Bertz CT molecular complexity index is 776. The summed E-state index contributed by atoms with van der Waals surface area (Å²) in [6, 6.07) is 15.4. The molecular formula is C24H32O4. The highest BCUT2D eigenvalue weighted by Gasteiger charge is 2.18. The monoisotopic (exact) mass is 384 g/mol. The lowest BCUT2D eigenvalue weighted by atomic mass is 9.84. The van der Waals surface area contributed by atoms with E-state index >= 15 is 0 Å². The molecule has 0 aromatic heterocycles. The van der Waals surface area contributed by atoms with Gasteiger partial charge >= 0.3 is 5.97 Å². The second-order valence-corrected chi connectivity index (χ2v) is 8.28. The van der Waals surface area contributed by atoms with Crippen molar-refractivity contribution in [1.82, 2.24) is 0 Å². The minimum atomic E-state index is -0.516. The van der Waals surface area contributed by atoms with Gasteiger partial charge in [-0.05, 0) is 80.8 Å². The first-order valence-corrected chi connectivity index (χ1v) is 9.91. The summed E-state index contributed by atoms with van der Waals surface area (Å²) < 4.78 is 10.9. The summed E-state index contributed by atoms with van der Waals surface area (Å²) in [6.07, 6.45) is 1.97. The summed E-state index contributed by atoms with van der Waals surface area (Å²) >= 11 is 0. The zero-order valence-electron chi connectivity index (χ0n) is 17.6. The van der Waals surface area contributed by atoms with E-state index in [0.29, 0.717) is 23.3 Å². The number of hydrogen-bond acceptors (Lipinski definition) is 4. The largest absolute Gasteiger partial charge is 0.508 e. The third kappa shape index (κ3) is 6.91. The molecule has 1 N–H and O–H groups in total. The Labute approximate surface area is 168 Å². The number of benzene rings is 2. The molecule has 0 aliphatic heterocycles. The minimum absolute atomic E-state index is 0.101. The third-order valence-electron chi connectivity index (χ3n) is 4.68. The maximum absolute atomic E-state index is 11.9. The van der Waals surface area contributed by atoms with E-state index in [2.05, 4.69) is 26.0 Å². The maximum atomic E-state index is 11.9. The van der Waals surface area contributed by atoms with E-state index < -0.39 is 5.60 Å². The summed E-state index contributed by atoms with van der Waals surface area (Å²) in [5, 5.41) is 9.77. The minimum Gasteiger partial charge on any atom is -0.508 e. The second-order valence-electron chi connectivity index (χ2n) is 8.28. The van der Waals surface area contributed by atoms with Gasteiger partial charge in [-0.1, -0.05) is 38.1 Å². The highest BCUT2D eigenvalue weighted by Crippen LogP contribution is 2.34. The van der Waals surface area contributed by atoms with E-state index in [1.807, 2.05) is 51.1 Å². The van der Waals surface area contributed by atoms with Crippen LogP contribution in [-0.4, -0.2) is 23.3 Å². The van der Waals surface area contributed by atoms with Crippen molar-refractivity contribution in [1.29, 1.82) is 0 Å². The fraction of sp³-hybridized carbons (Fsp3) is 0.458. The molecule has 2 aromatic carbocycles. The molecule has 28 heavy (non-hydrogen) atoms. The van der Waals surface area contributed by atoms with Crippen LogP contribution in [0.25, 0.3) is 0 Å². The smallest absolute Gasteiger partial charge is 0.344 e. The number of esters is 1. The highest BCUT2D eigenvalue weighted by atomic mass is 16.6. The van der Waals surface area contributed by atoms with Crippen molar-refractivity contribution >= 4 is 5.97 Å². The summed E-state index contributed by atoms with van der Waals surface area (Å²) in [4.78, 5) is 11.9. The molecule has 0 fully saturated rings. The van der Waals surface area contributed by atoms with Gasteiger partial charge in [0.25, 0.3) is 0 Å². The molecular weight excluding hydrogens is 352 g/mol. The molecule has 2 aromatic rings. The molecule has 0 saturated heterocycles. The topological polar surface area (TPSA) is 55.8 Å². The van der Waals surface area contributed by atoms with Crippen LogP contribution in [0, 0.1) is 0 Å². The van der Waals surface area contributed by atoms with Crippen LogP contribution in [0.3, 0.4) is 0 Å². The molecule has 0 radical (unpaired) electrons. The van der Waals surface area contributed by atoms with Gasteiger partial charge in [0.1, 0.15) is 17.1 Å². The molecule has 2 atom stereocenters. The molecule has 0 aliphatic rings. The normalized spacial score (nSPS) is 13.6. The average molecular weight is 385 g/mol. The molecule has 0 bridgehead atoms. The molecule has 0 amide bonds. The Morgan fingerprint density at radius 2 is 1.75 bits per heavy atom. The van der Waals surface area contributed by atoms with Gasteiger partial charge in [0.05, 0.1) is 0 Å². The van der Waals surface area contributed by atoms with E-state index in [-0.39, 0.29) is 12.6 Å². The fourth-order valence-electron chi connectivity index (χ4n) is 3.30. The molecule has 0 heterocycles. The van der Waals surface area contributed by atoms with E-state index in [9.17, 15) is 9.90 Å². The van der Waals surface area contributed by atoms with Crippen molar-refractivity contribution in [2.24, 2.45) is 0 Å². The Morgan fingerprint density at radius 3 is 2.39 bits per heavy atom. The summed E-state index contributed by atoms with van der Waals surface area (Å²) in [6.45, 7) is 9.77. The Hall–Kier alpha value is -2.49. The van der Waals surface area contributed by atoms with Crippen molar-refractivity contribution < 1.29 is 19.4 Å². The number of aromatic hydroxyl groups is 1. The first-order chi connectivity index (χ1) is 13.2. The molecule has 4 heteroatoms. The van der Waals surface area contributed by atoms with E-state index in [0.717, 1.165) is 18.4 Å². The first-order valence-electron chi connectivity index (χ1n) is 9.91. The second kappa shape index (κ2) is 9.63. The predicted octanol–water partition coefficient (Wildman–Crippen LogP) is 5.80. The van der Waals surface area contributed by atoms with Crippen LogP contribution >= 0.6 is 0 Å². The number of carbonyl (C=O) groups excluding carboxylic acids is 1. The number of carbonyl (C=O) groups is 1. The fourth-order valence-corrected chi connectivity index (χ4v) is 3.30. The molecule has 4 nitrogen and oxygen atoms in total. The Kier molecular flexibility index (Phi) is 7.50. The zero-order chi connectivity index (χ0) is 20.7. The van der Waals surface area contributed by atoms with Crippen LogP contribution in [0.2, 0.25) is 0 Å². The maximum Gasteiger partial charge on any atom is 0.344 e. The van der Waals surface area contributed by atoms with Crippen LogP contribution in [0.1, 0.15) is 70.4 Å². The highest BCUT2D eigenvalue weighted by molar-refractivity contribution is 5.71. The molecule has 0 spiro atoms. The number of phenols is 1. The average Bonchev–Trinajstić information content (AvgIpc) is 2.63. The van der Waals surface area contributed by atoms with E-state index in [1.54, 1.807) is 6.07 Å². The van der Waals surface area contributed by atoms with Crippen LogP contribution in [-0.2, 0) is 9.53 Å². The SMILES string of the molecule is CCC(CC(C)c1cccc(OCC(=O)OC(C)(C)C)c1)c1cccc(O)c1. The molecule has 0 saturated carbocycles. The van der Waals surface area contributed by atoms with Gasteiger partial charge < -0.3 is 14.6 Å². The third-order valence-corrected chi connectivity index (χ3v) is 4.68. The molecule has 0 aliphatic carbocycles. The van der Waals surface area contributed by atoms with Gasteiger partial charge in [-0.15, -0.1) is 0 Å². The van der Waals surface area contributed by atoms with Gasteiger partial charge in [-0.25, -0.2) is 4.79 Å². The number of rotatable bonds is 8. The van der Waals surface area contributed by atoms with Crippen molar-refractivity contribution in [2.45, 2.75) is 64.9 Å². The summed E-state index contributed by atoms with van der Waals surface area (Å²) in [5.74, 6) is 1.29. The van der Waals surface area contributed by atoms with E-state index in [4.69, 9.17) is 9.47 Å². The lowest BCUT2D eigenvalue weighted by Crippen LogP contribution is -2.27. The zero-order valence-corrected chi connectivity index (χ0v) is 17.6. The summed E-state index contributed by atoms with van der Waals surface area (Å²) in [7, 11) is 0. The van der Waals surface area contributed by atoms with Gasteiger partial charge in [0, 0.05) is 0 Å². The van der Waals surface area contributed by atoms with Gasteiger partial charge in [0.2, 0.25) is 0 Å². The standard InChI is InChI=1S/C24H32O4/c1-6-18(20-10-7-11-21(25)14-20)13-17(2)19-9-8-12-22(15-19)27-16-23(26)28-24(3,4)5/h7-12,14-15,17-18,25H,6,13,16H2,1-5H3. The van der Waals surface area contributed by atoms with Crippen LogP contribution in [0.15, 0.2) is 48.5 Å². The van der Waals surface area contributed by atoms with Gasteiger partial charge in [0.15, 0.2) is 6.61 Å². The Balaban J connectivity index is 2.00. The number of phenolic OH excluding ortho intramolecular Hbond substituents is 1.